The molecule has 0 bridgehead atoms. The molecule has 0 saturated heterocycles. The maximum absolute atomic E-state index is 5.78. The van der Waals surface area contributed by atoms with Crippen LogP contribution in [0.15, 0.2) is 24.3 Å². The molecule has 0 unspecified atom stereocenters. The normalized spacial score (nSPS) is 10.9. The number of nitrogens with zero attached hydrogens (tertiary/aromatic N) is 3. The number of hydrogen-bond donors (Lipinski definition) is 2. The van der Waals surface area contributed by atoms with Gasteiger partial charge < -0.3 is 11.5 Å². The van der Waals surface area contributed by atoms with E-state index in [9.17, 15) is 0 Å². The predicted octanol–water partition coefficient (Wildman–Crippen LogP) is 1.86. The van der Waals surface area contributed by atoms with E-state index in [4.69, 9.17) is 23.1 Å². The first kappa shape index (κ1) is 11.3. The summed E-state index contributed by atoms with van der Waals surface area (Å²) in [5.41, 5.74) is 11.9. The summed E-state index contributed by atoms with van der Waals surface area (Å²) in [5.74, 6) is 0.631. The van der Waals surface area contributed by atoms with Crippen LogP contribution in [0.4, 0.5) is 11.9 Å². The highest BCUT2D eigenvalue weighted by atomic mass is 35.5. The molecule has 1 aromatic heterocycles. The van der Waals surface area contributed by atoms with Crippen molar-refractivity contribution in [3.63, 3.8) is 0 Å². The smallest absolute Gasteiger partial charge is 0.225 e. The van der Waals surface area contributed by atoms with E-state index in [2.05, 4.69) is 15.0 Å². The predicted molar refractivity (Wildman–Crippen MR) is 69.0 cm³/mol. The van der Waals surface area contributed by atoms with Gasteiger partial charge in [0.1, 0.15) is 0 Å². The van der Waals surface area contributed by atoms with Crippen LogP contribution in [-0.4, -0.2) is 15.0 Å². The number of anilines is 2. The second-order valence-electron chi connectivity index (χ2n) is 3.29. The first-order valence-electron chi connectivity index (χ1n) is 4.84. The molecule has 0 aliphatic heterocycles. The molecular formula is C11H10ClN5. The van der Waals surface area contributed by atoms with Crippen LogP contribution in [0.3, 0.4) is 0 Å². The minimum atomic E-state index is 0.105. The Kier molecular flexibility index (Phi) is 3.20. The van der Waals surface area contributed by atoms with Crippen LogP contribution >= 0.6 is 11.6 Å². The van der Waals surface area contributed by atoms with Crippen LogP contribution in [0.5, 0.6) is 0 Å². The fourth-order valence-corrected chi connectivity index (χ4v) is 1.37. The van der Waals surface area contributed by atoms with Crippen molar-refractivity contribution in [3.05, 3.63) is 40.7 Å². The molecule has 1 aromatic carbocycles. The molecule has 5 nitrogen and oxygen atoms in total. The Bertz CT molecular complexity index is 530. The van der Waals surface area contributed by atoms with E-state index in [-0.39, 0.29) is 11.9 Å². The maximum atomic E-state index is 5.78. The molecule has 86 valence electrons. The highest BCUT2D eigenvalue weighted by molar-refractivity contribution is 6.30. The van der Waals surface area contributed by atoms with Crippen molar-refractivity contribution in [3.8, 4) is 0 Å². The lowest BCUT2D eigenvalue weighted by Gasteiger charge is -1.97. The summed E-state index contributed by atoms with van der Waals surface area (Å²) in [6, 6.07) is 7.37. The van der Waals surface area contributed by atoms with Crippen molar-refractivity contribution in [2.45, 2.75) is 0 Å². The molecule has 0 saturated carbocycles. The van der Waals surface area contributed by atoms with Gasteiger partial charge in [-0.15, -0.1) is 0 Å². The molecule has 0 atom stereocenters. The standard InChI is InChI=1S/C11H10ClN5/c12-8-4-1-7(2-5-8)3-6-9-15-10(13)17-11(14)16-9/h1-6H,(H4,13,14,15,16,17). The van der Waals surface area contributed by atoms with Crippen LogP contribution in [0.2, 0.25) is 5.02 Å². The Morgan fingerprint density at radius 2 is 1.47 bits per heavy atom. The molecule has 0 radical (unpaired) electrons. The summed E-state index contributed by atoms with van der Waals surface area (Å²) < 4.78 is 0. The second-order valence-corrected chi connectivity index (χ2v) is 3.73. The molecule has 2 rings (SSSR count). The van der Waals surface area contributed by atoms with Crippen molar-refractivity contribution in [1.82, 2.24) is 15.0 Å². The zero-order chi connectivity index (χ0) is 12.3. The molecular weight excluding hydrogens is 238 g/mol. The van der Waals surface area contributed by atoms with Gasteiger partial charge in [0.05, 0.1) is 0 Å². The molecule has 0 fully saturated rings. The average Bonchev–Trinajstić information content (AvgIpc) is 2.27. The first-order chi connectivity index (χ1) is 8.13. The van der Waals surface area contributed by atoms with Crippen LogP contribution in [-0.2, 0) is 0 Å². The van der Waals surface area contributed by atoms with Crippen molar-refractivity contribution >= 4 is 35.6 Å². The largest absolute Gasteiger partial charge is 0.368 e. The monoisotopic (exact) mass is 247 g/mol. The summed E-state index contributed by atoms with van der Waals surface area (Å²) in [5, 5.41) is 0.691. The van der Waals surface area contributed by atoms with Crippen LogP contribution < -0.4 is 11.5 Å². The van der Waals surface area contributed by atoms with Gasteiger partial charge >= 0.3 is 0 Å². The van der Waals surface area contributed by atoms with Gasteiger partial charge in [-0.05, 0) is 23.8 Å². The van der Waals surface area contributed by atoms with E-state index in [1.54, 1.807) is 18.2 Å². The molecule has 2 aromatic rings. The van der Waals surface area contributed by atoms with Crippen LogP contribution in [0.25, 0.3) is 12.2 Å². The van der Waals surface area contributed by atoms with E-state index in [0.717, 1.165) is 5.56 Å². The number of nitrogen functional groups attached to an aromatic ring is 2. The van der Waals surface area contributed by atoms with E-state index < -0.39 is 0 Å². The van der Waals surface area contributed by atoms with Gasteiger partial charge in [0.15, 0.2) is 5.82 Å². The van der Waals surface area contributed by atoms with E-state index in [1.165, 1.54) is 0 Å². The molecule has 0 aliphatic carbocycles. The lowest BCUT2D eigenvalue weighted by molar-refractivity contribution is 1.06. The number of hydrogen-bond acceptors (Lipinski definition) is 5. The SMILES string of the molecule is Nc1nc(N)nc(C=Cc2ccc(Cl)cc2)n1. The number of halogens is 1. The van der Waals surface area contributed by atoms with E-state index in [0.29, 0.717) is 10.8 Å². The third kappa shape index (κ3) is 3.15. The van der Waals surface area contributed by atoms with Gasteiger partial charge in [-0.2, -0.15) is 15.0 Å². The van der Waals surface area contributed by atoms with Gasteiger partial charge in [0.2, 0.25) is 11.9 Å². The first-order valence-corrected chi connectivity index (χ1v) is 5.22. The Labute approximate surface area is 103 Å². The highest BCUT2D eigenvalue weighted by Crippen LogP contribution is 2.11. The molecule has 0 spiro atoms. The summed E-state index contributed by atoms with van der Waals surface area (Å²) in [4.78, 5) is 11.5. The molecule has 17 heavy (non-hydrogen) atoms. The zero-order valence-electron chi connectivity index (χ0n) is 8.84. The van der Waals surface area contributed by atoms with Gasteiger partial charge in [0, 0.05) is 5.02 Å². The van der Waals surface area contributed by atoms with Crippen molar-refractivity contribution in [2.75, 3.05) is 11.5 Å². The summed E-state index contributed by atoms with van der Waals surface area (Å²) >= 11 is 5.78. The molecule has 0 amide bonds. The quantitative estimate of drug-likeness (QED) is 0.845. The minimum Gasteiger partial charge on any atom is -0.368 e. The highest BCUT2D eigenvalue weighted by Gasteiger charge is 1.97. The van der Waals surface area contributed by atoms with Crippen molar-refractivity contribution < 1.29 is 0 Å². The topological polar surface area (TPSA) is 90.7 Å². The second kappa shape index (κ2) is 4.80. The van der Waals surface area contributed by atoms with Crippen molar-refractivity contribution in [1.29, 1.82) is 0 Å². The lowest BCUT2D eigenvalue weighted by atomic mass is 10.2. The summed E-state index contributed by atoms with van der Waals surface area (Å²) in [6.07, 6.45) is 3.54. The van der Waals surface area contributed by atoms with Gasteiger partial charge in [-0.25, -0.2) is 0 Å². The third-order valence-corrected chi connectivity index (χ3v) is 2.23. The minimum absolute atomic E-state index is 0.105. The van der Waals surface area contributed by atoms with Gasteiger partial charge in [-0.3, -0.25) is 0 Å². The summed E-state index contributed by atoms with van der Waals surface area (Å²) in [6.45, 7) is 0. The van der Waals surface area contributed by atoms with Crippen LogP contribution in [0, 0.1) is 0 Å². The van der Waals surface area contributed by atoms with Crippen LogP contribution in [0.1, 0.15) is 11.4 Å². The molecule has 0 aliphatic rings. The molecule has 6 heteroatoms. The Balaban J connectivity index is 2.22. The number of rotatable bonds is 2. The number of nitrogens with two attached hydrogens (primary N) is 2. The number of aromatic nitrogens is 3. The fourth-order valence-electron chi connectivity index (χ4n) is 1.25. The third-order valence-electron chi connectivity index (χ3n) is 1.98. The fraction of sp³-hybridized carbons (Fsp3) is 0. The van der Waals surface area contributed by atoms with Gasteiger partial charge in [0.25, 0.3) is 0 Å². The average molecular weight is 248 g/mol. The Morgan fingerprint density at radius 1 is 0.882 bits per heavy atom. The molecule has 4 N–H and O–H groups in total. The zero-order valence-corrected chi connectivity index (χ0v) is 9.59. The lowest BCUT2D eigenvalue weighted by Crippen LogP contribution is -2.03. The Hall–Kier alpha value is -2.14. The number of benzene rings is 1. The molecule has 1 heterocycles. The van der Waals surface area contributed by atoms with E-state index >= 15 is 0 Å². The Morgan fingerprint density at radius 3 is 2.06 bits per heavy atom. The maximum Gasteiger partial charge on any atom is 0.225 e. The summed E-state index contributed by atoms with van der Waals surface area (Å²) in [7, 11) is 0. The van der Waals surface area contributed by atoms with E-state index in [1.807, 2.05) is 18.2 Å². The van der Waals surface area contributed by atoms with Crippen molar-refractivity contribution in [2.24, 2.45) is 0 Å². The van der Waals surface area contributed by atoms with Gasteiger partial charge in [-0.1, -0.05) is 29.8 Å².